The number of nitrogens with one attached hydrogen (secondary N) is 1. The first-order valence-corrected chi connectivity index (χ1v) is 10.6. The molecule has 5 heteroatoms. The maximum atomic E-state index is 12.2. The standard InChI is InChI=1S/C24H29N3O2/c1-18-2-4-19(5-3-18)23(28)12-13-24(29)25-20-6-8-21(9-7-20)26-14-16-27(17-15-26)22-10-11-22/h2-9,22H,10-17H2,1H3,(H,25,29). The molecular formula is C24H29N3O2. The van der Waals surface area contributed by atoms with E-state index in [1.807, 2.05) is 43.3 Å². The highest BCUT2D eigenvalue weighted by Crippen LogP contribution is 2.28. The Morgan fingerprint density at radius 1 is 0.897 bits per heavy atom. The molecular weight excluding hydrogens is 362 g/mol. The predicted octanol–water partition coefficient (Wildman–Crippen LogP) is 3.88. The van der Waals surface area contributed by atoms with E-state index in [9.17, 15) is 9.59 Å². The summed E-state index contributed by atoms with van der Waals surface area (Å²) >= 11 is 0. The number of piperazine rings is 1. The minimum atomic E-state index is -0.128. The highest BCUT2D eigenvalue weighted by atomic mass is 16.2. The molecule has 29 heavy (non-hydrogen) atoms. The Morgan fingerprint density at radius 2 is 1.55 bits per heavy atom. The summed E-state index contributed by atoms with van der Waals surface area (Å²) in [5.74, 6) is -0.128. The van der Waals surface area contributed by atoms with Gasteiger partial charge in [-0.2, -0.15) is 0 Å². The average Bonchev–Trinajstić information content (AvgIpc) is 3.59. The third-order valence-corrected chi connectivity index (χ3v) is 5.85. The molecule has 2 aromatic carbocycles. The topological polar surface area (TPSA) is 52.7 Å². The molecule has 1 saturated carbocycles. The van der Waals surface area contributed by atoms with Gasteiger partial charge in [0.05, 0.1) is 0 Å². The Kier molecular flexibility index (Phi) is 5.95. The zero-order valence-electron chi connectivity index (χ0n) is 17.1. The van der Waals surface area contributed by atoms with E-state index < -0.39 is 0 Å². The van der Waals surface area contributed by atoms with Crippen molar-refractivity contribution in [1.29, 1.82) is 0 Å². The Hall–Kier alpha value is -2.66. The number of anilines is 2. The first-order chi connectivity index (χ1) is 14.1. The minimum Gasteiger partial charge on any atom is -0.369 e. The second kappa shape index (κ2) is 8.78. The van der Waals surface area contributed by atoms with Crippen LogP contribution in [0.25, 0.3) is 0 Å². The second-order valence-electron chi connectivity index (χ2n) is 8.14. The Balaban J connectivity index is 1.23. The van der Waals surface area contributed by atoms with Crippen LogP contribution in [0.5, 0.6) is 0 Å². The highest BCUT2D eigenvalue weighted by molar-refractivity contribution is 6.00. The first kappa shape index (κ1) is 19.6. The van der Waals surface area contributed by atoms with E-state index in [1.54, 1.807) is 0 Å². The molecule has 1 aliphatic carbocycles. The lowest BCUT2D eigenvalue weighted by atomic mass is 10.0. The summed E-state index contributed by atoms with van der Waals surface area (Å²) in [7, 11) is 0. The zero-order valence-corrected chi connectivity index (χ0v) is 17.1. The van der Waals surface area contributed by atoms with Crippen LogP contribution in [0, 0.1) is 6.92 Å². The van der Waals surface area contributed by atoms with Gasteiger partial charge in [-0.3, -0.25) is 14.5 Å². The van der Waals surface area contributed by atoms with Crippen LogP contribution < -0.4 is 10.2 Å². The number of benzene rings is 2. The van der Waals surface area contributed by atoms with E-state index in [-0.39, 0.29) is 24.5 Å². The van der Waals surface area contributed by atoms with Crippen molar-refractivity contribution >= 4 is 23.1 Å². The van der Waals surface area contributed by atoms with Gasteiger partial charge in [-0.25, -0.2) is 0 Å². The van der Waals surface area contributed by atoms with Gasteiger partial charge in [0.25, 0.3) is 0 Å². The number of ketones is 1. The van der Waals surface area contributed by atoms with Crippen molar-refractivity contribution in [2.75, 3.05) is 36.4 Å². The second-order valence-corrected chi connectivity index (χ2v) is 8.14. The van der Waals surface area contributed by atoms with E-state index >= 15 is 0 Å². The van der Waals surface area contributed by atoms with Crippen molar-refractivity contribution in [2.45, 2.75) is 38.6 Å². The van der Waals surface area contributed by atoms with Crippen LogP contribution in [0.15, 0.2) is 48.5 Å². The molecule has 2 aliphatic rings. The summed E-state index contributed by atoms with van der Waals surface area (Å²) in [6.07, 6.45) is 3.14. The van der Waals surface area contributed by atoms with Gasteiger partial charge in [-0.1, -0.05) is 29.8 Å². The molecule has 0 unspecified atom stereocenters. The summed E-state index contributed by atoms with van der Waals surface area (Å²) in [6, 6.07) is 16.3. The first-order valence-electron chi connectivity index (χ1n) is 10.6. The minimum absolute atomic E-state index is 0.000776. The van der Waals surface area contributed by atoms with Crippen LogP contribution in [-0.2, 0) is 4.79 Å². The highest BCUT2D eigenvalue weighted by Gasteiger charge is 2.31. The molecule has 2 fully saturated rings. The van der Waals surface area contributed by atoms with Crippen LogP contribution in [0.3, 0.4) is 0 Å². The number of amides is 1. The third kappa shape index (κ3) is 5.24. The number of carbonyl (C=O) groups is 2. The largest absolute Gasteiger partial charge is 0.369 e. The van der Waals surface area contributed by atoms with Crippen LogP contribution in [0.2, 0.25) is 0 Å². The third-order valence-electron chi connectivity index (χ3n) is 5.85. The van der Waals surface area contributed by atoms with Gasteiger partial charge in [0.15, 0.2) is 5.78 Å². The fourth-order valence-corrected chi connectivity index (χ4v) is 3.87. The number of hydrogen-bond donors (Lipinski definition) is 1. The normalized spacial score (nSPS) is 17.2. The lowest BCUT2D eigenvalue weighted by molar-refractivity contribution is -0.116. The molecule has 0 spiro atoms. The SMILES string of the molecule is Cc1ccc(C(=O)CCC(=O)Nc2ccc(N3CCN(C4CC4)CC3)cc2)cc1. The number of Topliss-reactive ketones (excluding diaryl/α,β-unsaturated/α-hetero) is 1. The van der Waals surface area contributed by atoms with Crippen molar-refractivity contribution in [3.05, 3.63) is 59.7 Å². The molecule has 152 valence electrons. The van der Waals surface area contributed by atoms with Crippen molar-refractivity contribution in [3.8, 4) is 0 Å². The van der Waals surface area contributed by atoms with Gasteiger partial charge >= 0.3 is 0 Å². The maximum Gasteiger partial charge on any atom is 0.224 e. The van der Waals surface area contributed by atoms with Crippen LogP contribution in [-0.4, -0.2) is 48.8 Å². The van der Waals surface area contributed by atoms with Gasteiger partial charge in [0.2, 0.25) is 5.91 Å². The molecule has 1 heterocycles. The molecule has 1 saturated heterocycles. The summed E-state index contributed by atoms with van der Waals surface area (Å²) < 4.78 is 0. The smallest absolute Gasteiger partial charge is 0.224 e. The lowest BCUT2D eigenvalue weighted by Gasteiger charge is -2.36. The van der Waals surface area contributed by atoms with Gasteiger partial charge in [-0.05, 0) is 44.0 Å². The van der Waals surface area contributed by atoms with Crippen LogP contribution in [0.4, 0.5) is 11.4 Å². The van der Waals surface area contributed by atoms with Crippen molar-refractivity contribution in [1.82, 2.24) is 4.90 Å². The molecule has 5 nitrogen and oxygen atoms in total. The molecule has 0 radical (unpaired) electrons. The Morgan fingerprint density at radius 3 is 2.17 bits per heavy atom. The zero-order chi connectivity index (χ0) is 20.2. The fourth-order valence-electron chi connectivity index (χ4n) is 3.87. The molecule has 4 rings (SSSR count). The van der Waals surface area contributed by atoms with Crippen LogP contribution in [0.1, 0.15) is 41.6 Å². The van der Waals surface area contributed by atoms with Gasteiger partial charge in [-0.15, -0.1) is 0 Å². The Bertz CT molecular complexity index is 849. The number of aryl methyl sites for hydroxylation is 1. The van der Waals surface area contributed by atoms with Gasteiger partial charge in [0, 0.05) is 62.0 Å². The average molecular weight is 392 g/mol. The number of rotatable bonds is 7. The van der Waals surface area contributed by atoms with E-state index in [0.29, 0.717) is 5.56 Å². The van der Waals surface area contributed by atoms with Gasteiger partial charge < -0.3 is 10.2 Å². The molecule has 0 aromatic heterocycles. The lowest BCUT2D eigenvalue weighted by Crippen LogP contribution is -2.47. The van der Waals surface area contributed by atoms with Crippen molar-refractivity contribution < 1.29 is 9.59 Å². The van der Waals surface area contributed by atoms with E-state index in [2.05, 4.69) is 27.2 Å². The molecule has 0 atom stereocenters. The number of hydrogen-bond acceptors (Lipinski definition) is 4. The van der Waals surface area contributed by atoms with Crippen molar-refractivity contribution in [3.63, 3.8) is 0 Å². The molecule has 0 bridgehead atoms. The van der Waals surface area contributed by atoms with Crippen molar-refractivity contribution in [2.24, 2.45) is 0 Å². The van der Waals surface area contributed by atoms with Crippen LogP contribution >= 0.6 is 0 Å². The number of carbonyl (C=O) groups excluding carboxylic acids is 2. The Labute approximate surface area is 172 Å². The quantitative estimate of drug-likeness (QED) is 0.728. The predicted molar refractivity (Wildman–Crippen MR) is 117 cm³/mol. The summed E-state index contributed by atoms with van der Waals surface area (Å²) in [5.41, 5.74) is 3.76. The fraction of sp³-hybridized carbons (Fsp3) is 0.417. The number of nitrogens with zero attached hydrogens (tertiary/aromatic N) is 2. The molecule has 1 amide bonds. The summed E-state index contributed by atoms with van der Waals surface area (Å²) in [4.78, 5) is 29.4. The molecule has 1 aliphatic heterocycles. The van der Waals surface area contributed by atoms with Gasteiger partial charge in [0.1, 0.15) is 0 Å². The monoisotopic (exact) mass is 391 g/mol. The molecule has 1 N–H and O–H groups in total. The van der Waals surface area contributed by atoms with E-state index in [1.165, 1.54) is 18.5 Å². The molecule has 2 aromatic rings. The summed E-state index contributed by atoms with van der Waals surface area (Å²) in [6.45, 7) is 6.38. The van der Waals surface area contributed by atoms with E-state index in [0.717, 1.165) is 43.5 Å². The maximum absolute atomic E-state index is 12.2. The van der Waals surface area contributed by atoms with E-state index in [4.69, 9.17) is 0 Å². The summed E-state index contributed by atoms with van der Waals surface area (Å²) in [5, 5.41) is 2.90.